The van der Waals surface area contributed by atoms with Gasteiger partial charge in [0.25, 0.3) is 0 Å². The van der Waals surface area contributed by atoms with Crippen molar-refractivity contribution in [3.05, 3.63) is 29.3 Å². The zero-order chi connectivity index (χ0) is 15.7. The molecule has 1 aromatic carbocycles. The number of Topliss-reactive ketones (excluding diaryl/α,β-unsaturated/α-hetero) is 1. The Morgan fingerprint density at radius 1 is 1.10 bits per heavy atom. The summed E-state index contributed by atoms with van der Waals surface area (Å²) >= 11 is 0. The summed E-state index contributed by atoms with van der Waals surface area (Å²) in [5.74, 6) is -0.877. The van der Waals surface area contributed by atoms with Crippen LogP contribution in [0.3, 0.4) is 0 Å². The van der Waals surface area contributed by atoms with Crippen LogP contribution < -0.4 is 4.74 Å². The second-order valence-corrected chi connectivity index (χ2v) is 4.52. The normalized spacial score (nSPS) is 10.5. The molecule has 0 saturated carbocycles. The minimum Gasteiger partial charge on any atom is -0.481 e. The minimum absolute atomic E-state index is 0.173. The second kappa shape index (κ2) is 5.40. The summed E-state index contributed by atoms with van der Waals surface area (Å²) in [7, 11) is 2.67. The monoisotopic (exact) mass is 289 g/mol. The van der Waals surface area contributed by atoms with Gasteiger partial charge < -0.3 is 9.47 Å². The van der Waals surface area contributed by atoms with Crippen LogP contribution in [0.5, 0.6) is 5.88 Å². The highest BCUT2D eigenvalue weighted by molar-refractivity contribution is 6.13. The number of methoxy groups -OCH3 is 2. The van der Waals surface area contributed by atoms with Crippen LogP contribution in [0.15, 0.2) is 18.2 Å². The van der Waals surface area contributed by atoms with Gasteiger partial charge >= 0.3 is 5.97 Å². The van der Waals surface area contributed by atoms with Crippen molar-refractivity contribution in [1.82, 2.24) is 4.57 Å². The van der Waals surface area contributed by atoms with E-state index in [1.165, 1.54) is 38.7 Å². The number of esters is 1. The first-order chi connectivity index (χ1) is 9.92. The van der Waals surface area contributed by atoms with Gasteiger partial charge in [-0.1, -0.05) is 6.07 Å². The summed E-state index contributed by atoms with van der Waals surface area (Å²) in [5.41, 5.74) is 1.05. The van der Waals surface area contributed by atoms with E-state index in [-0.39, 0.29) is 17.6 Å². The van der Waals surface area contributed by atoms with Gasteiger partial charge in [0, 0.05) is 12.3 Å². The van der Waals surface area contributed by atoms with Gasteiger partial charge in [0.1, 0.15) is 0 Å². The van der Waals surface area contributed by atoms with Gasteiger partial charge in [-0.15, -0.1) is 0 Å². The summed E-state index contributed by atoms with van der Waals surface area (Å²) in [6.07, 6.45) is 0. The largest absolute Gasteiger partial charge is 0.481 e. The molecule has 1 heterocycles. The van der Waals surface area contributed by atoms with Gasteiger partial charge in [-0.3, -0.25) is 9.59 Å². The Labute approximate surface area is 121 Å². The minimum atomic E-state index is -0.517. The molecule has 2 aromatic rings. The highest BCUT2D eigenvalue weighted by Crippen LogP contribution is 2.33. The van der Waals surface area contributed by atoms with Gasteiger partial charge in [0.15, 0.2) is 5.78 Å². The van der Waals surface area contributed by atoms with Crippen molar-refractivity contribution < 1.29 is 23.9 Å². The number of carbonyl (C=O) groups excluding carboxylic acids is 3. The molecular formula is C15H15NO5. The quantitative estimate of drug-likeness (QED) is 0.640. The molecule has 0 fully saturated rings. The first kappa shape index (κ1) is 14.8. The average Bonchev–Trinajstić information content (AvgIpc) is 2.79. The van der Waals surface area contributed by atoms with Gasteiger partial charge in [-0.05, 0) is 19.1 Å². The number of aromatic nitrogens is 1. The molecule has 0 saturated heterocycles. The highest BCUT2D eigenvalue weighted by atomic mass is 16.5. The fraction of sp³-hybridized carbons (Fsp3) is 0.267. The molecule has 2 rings (SSSR count). The molecule has 21 heavy (non-hydrogen) atoms. The first-order valence-electron chi connectivity index (χ1n) is 6.25. The highest BCUT2D eigenvalue weighted by Gasteiger charge is 2.24. The average molecular weight is 289 g/mol. The summed E-state index contributed by atoms with van der Waals surface area (Å²) in [5, 5.41) is 0.558. The van der Waals surface area contributed by atoms with Crippen molar-refractivity contribution >= 4 is 28.6 Å². The molecule has 0 atom stereocenters. The van der Waals surface area contributed by atoms with E-state index in [1.807, 2.05) is 0 Å². The fourth-order valence-electron chi connectivity index (χ4n) is 2.36. The second-order valence-electron chi connectivity index (χ2n) is 4.52. The van der Waals surface area contributed by atoms with Crippen LogP contribution >= 0.6 is 0 Å². The number of rotatable bonds is 3. The molecule has 6 nitrogen and oxygen atoms in total. The molecule has 6 heteroatoms. The molecular weight excluding hydrogens is 274 g/mol. The van der Waals surface area contributed by atoms with Crippen LogP contribution in [0.1, 0.15) is 39.4 Å². The molecule has 0 aliphatic rings. The van der Waals surface area contributed by atoms with Gasteiger partial charge in [-0.25, -0.2) is 9.36 Å². The zero-order valence-corrected chi connectivity index (χ0v) is 12.2. The van der Waals surface area contributed by atoms with Crippen molar-refractivity contribution in [3.63, 3.8) is 0 Å². The fourth-order valence-corrected chi connectivity index (χ4v) is 2.36. The summed E-state index contributed by atoms with van der Waals surface area (Å²) < 4.78 is 11.2. The predicted molar refractivity (Wildman–Crippen MR) is 76.1 cm³/mol. The van der Waals surface area contributed by atoms with E-state index in [1.54, 1.807) is 12.1 Å². The van der Waals surface area contributed by atoms with E-state index in [9.17, 15) is 14.4 Å². The van der Waals surface area contributed by atoms with Crippen LogP contribution in [0.2, 0.25) is 0 Å². The number of ketones is 1. The van der Waals surface area contributed by atoms with E-state index in [0.29, 0.717) is 22.0 Å². The molecule has 0 N–H and O–H groups in total. The molecule has 0 amide bonds. The maximum Gasteiger partial charge on any atom is 0.337 e. The van der Waals surface area contributed by atoms with Crippen LogP contribution in [0.4, 0.5) is 0 Å². The Bertz CT molecular complexity index is 757. The predicted octanol–water partition coefficient (Wildman–Crippen LogP) is 2.30. The smallest absolute Gasteiger partial charge is 0.337 e. The Balaban J connectivity index is 2.90. The molecule has 0 aliphatic carbocycles. The lowest BCUT2D eigenvalue weighted by Gasteiger charge is -2.06. The lowest BCUT2D eigenvalue weighted by atomic mass is 10.1. The van der Waals surface area contributed by atoms with Crippen molar-refractivity contribution in [2.75, 3.05) is 14.2 Å². The van der Waals surface area contributed by atoms with E-state index >= 15 is 0 Å². The van der Waals surface area contributed by atoms with Gasteiger partial charge in [0.05, 0.1) is 30.9 Å². The van der Waals surface area contributed by atoms with E-state index in [2.05, 4.69) is 4.74 Å². The third kappa shape index (κ3) is 2.29. The van der Waals surface area contributed by atoms with Crippen LogP contribution in [-0.4, -0.2) is 36.4 Å². The standard InChI is InChI=1S/C15H15NO5/c1-8(17)13-11-6-5-10(15(19)21-4)7-12(11)16(9(2)18)14(13)20-3/h5-7H,1-4H3. The molecule has 0 radical (unpaired) electrons. The molecule has 0 bridgehead atoms. The SMILES string of the molecule is COC(=O)c1ccc2c(C(C)=O)c(OC)n(C(C)=O)c2c1. The maximum absolute atomic E-state index is 11.9. The van der Waals surface area contributed by atoms with Gasteiger partial charge in [0.2, 0.25) is 11.8 Å². The Morgan fingerprint density at radius 3 is 2.24 bits per heavy atom. The van der Waals surface area contributed by atoms with E-state index in [0.717, 1.165) is 0 Å². The Kier molecular flexibility index (Phi) is 3.80. The summed E-state index contributed by atoms with van der Waals surface area (Å²) in [6.45, 7) is 2.76. The van der Waals surface area contributed by atoms with Crippen molar-refractivity contribution in [2.24, 2.45) is 0 Å². The third-order valence-corrected chi connectivity index (χ3v) is 3.21. The van der Waals surface area contributed by atoms with Crippen molar-refractivity contribution in [1.29, 1.82) is 0 Å². The van der Waals surface area contributed by atoms with Crippen molar-refractivity contribution in [3.8, 4) is 5.88 Å². The number of carbonyl (C=O) groups is 3. The Hall–Kier alpha value is -2.63. The number of hydrogen-bond acceptors (Lipinski definition) is 5. The molecule has 0 aliphatic heterocycles. The molecule has 0 unspecified atom stereocenters. The Morgan fingerprint density at radius 2 is 1.76 bits per heavy atom. The molecule has 0 spiro atoms. The lowest BCUT2D eigenvalue weighted by Crippen LogP contribution is -2.09. The molecule has 1 aromatic heterocycles. The number of fused-ring (bicyclic) bond motifs is 1. The van der Waals surface area contributed by atoms with Gasteiger partial charge in [-0.2, -0.15) is 0 Å². The lowest BCUT2D eigenvalue weighted by molar-refractivity contribution is 0.0600. The van der Waals surface area contributed by atoms with E-state index < -0.39 is 5.97 Å². The van der Waals surface area contributed by atoms with Crippen molar-refractivity contribution in [2.45, 2.75) is 13.8 Å². The maximum atomic E-state index is 11.9. The topological polar surface area (TPSA) is 74.6 Å². The number of nitrogens with zero attached hydrogens (tertiary/aromatic N) is 1. The van der Waals surface area contributed by atoms with Crippen LogP contribution in [0, 0.1) is 0 Å². The number of hydrogen-bond donors (Lipinski definition) is 0. The van der Waals surface area contributed by atoms with Crippen LogP contribution in [0.25, 0.3) is 10.9 Å². The zero-order valence-electron chi connectivity index (χ0n) is 12.2. The number of benzene rings is 1. The molecule has 110 valence electrons. The van der Waals surface area contributed by atoms with E-state index in [4.69, 9.17) is 4.74 Å². The summed E-state index contributed by atoms with van der Waals surface area (Å²) in [6, 6.07) is 4.67. The summed E-state index contributed by atoms with van der Waals surface area (Å²) in [4.78, 5) is 35.4. The first-order valence-corrected chi connectivity index (χ1v) is 6.25. The third-order valence-electron chi connectivity index (χ3n) is 3.21. The van der Waals surface area contributed by atoms with Crippen LogP contribution in [-0.2, 0) is 4.74 Å². The number of ether oxygens (including phenoxy) is 2.